The van der Waals surface area contributed by atoms with Gasteiger partial charge in [-0.1, -0.05) is 157 Å². The van der Waals surface area contributed by atoms with Gasteiger partial charge in [-0.15, -0.1) is 79.4 Å². The number of aryl methyl sites for hydroxylation is 8. The van der Waals surface area contributed by atoms with Crippen molar-refractivity contribution in [3.05, 3.63) is 79.8 Å². The van der Waals surface area contributed by atoms with Gasteiger partial charge in [0.15, 0.2) is 0 Å². The summed E-state index contributed by atoms with van der Waals surface area (Å²) >= 11 is 14.1. The molecule has 0 saturated heterocycles. The summed E-state index contributed by atoms with van der Waals surface area (Å²) in [5.74, 6) is 0. The van der Waals surface area contributed by atoms with E-state index in [9.17, 15) is 0 Å². The molecule has 0 atom stereocenters. The molecule has 0 unspecified atom stereocenters. The van der Waals surface area contributed by atoms with E-state index in [1.54, 1.807) is 5.56 Å². The van der Waals surface area contributed by atoms with Gasteiger partial charge in [-0.2, -0.15) is 0 Å². The summed E-state index contributed by atoms with van der Waals surface area (Å²) in [6, 6.07) is 15.1. The Morgan fingerprint density at radius 3 is 1.05 bits per heavy atom. The molecule has 0 fully saturated rings. The van der Waals surface area contributed by atoms with Crippen LogP contribution in [0.25, 0.3) is 58.8 Å². The molecule has 9 heteroatoms. The molecular formula is C64H90N2S7. The van der Waals surface area contributed by atoms with Crippen molar-refractivity contribution in [2.75, 3.05) is 0 Å². The van der Waals surface area contributed by atoms with Gasteiger partial charge < -0.3 is 0 Å². The third-order valence-electron chi connectivity index (χ3n) is 14.5. The standard InChI is InChI=1S/C64H90N2S7/c1-9-15-21-27-33-47-41-45(7)67-58(47)55-44-50(36-30-24-18-12-4)60(71-55)64-65-51(37-31-25-19-13-5)61(72-64)54-40-39-53(69-54)57-49(35-29-23-17-11-3)43-56(70-57)62-52(38-32-26-20-14-6)66-63(73-62)59-48(42-46(8)68-59)34-28-22-16-10-2/h39-44H,9-38H2,1-8H3. The topological polar surface area (TPSA) is 25.8 Å². The summed E-state index contributed by atoms with van der Waals surface area (Å²) in [5.41, 5.74) is 8.80. The lowest BCUT2D eigenvalue weighted by atomic mass is 10.0. The third-order valence-corrected chi connectivity index (χ3v) is 23.3. The van der Waals surface area contributed by atoms with Crippen LogP contribution in [0, 0.1) is 13.8 Å². The monoisotopic (exact) mass is 1110 g/mol. The Kier molecular flexibility index (Phi) is 25.0. The molecule has 0 aliphatic heterocycles. The maximum atomic E-state index is 5.71. The Labute approximate surface area is 472 Å². The number of nitrogens with zero attached hydrogens (tertiary/aromatic N) is 2. The number of aromatic nitrogens is 2. The summed E-state index contributed by atoms with van der Waals surface area (Å²) < 4.78 is 0. The minimum Gasteiger partial charge on any atom is -0.240 e. The molecule has 0 N–H and O–H groups in total. The first-order chi connectivity index (χ1) is 35.8. The highest BCUT2D eigenvalue weighted by Crippen LogP contribution is 2.51. The number of thiazole rings is 2. The van der Waals surface area contributed by atoms with Crippen LogP contribution in [0.2, 0.25) is 0 Å². The molecule has 7 aromatic heterocycles. The van der Waals surface area contributed by atoms with Crippen molar-refractivity contribution in [1.82, 2.24) is 9.97 Å². The highest BCUT2D eigenvalue weighted by Gasteiger charge is 2.25. The number of hydrogen-bond donors (Lipinski definition) is 0. The molecule has 73 heavy (non-hydrogen) atoms. The number of thiophene rings is 5. The molecule has 7 heterocycles. The second kappa shape index (κ2) is 31.2. The second-order valence-electron chi connectivity index (χ2n) is 21.0. The molecule has 0 aliphatic rings. The van der Waals surface area contributed by atoms with E-state index < -0.39 is 0 Å². The Hall–Kier alpha value is -2.24. The van der Waals surface area contributed by atoms with Crippen molar-refractivity contribution >= 4 is 79.4 Å². The molecule has 2 nitrogen and oxygen atoms in total. The lowest BCUT2D eigenvalue weighted by molar-refractivity contribution is 0.662. The zero-order chi connectivity index (χ0) is 51.4. The number of unbranched alkanes of at least 4 members (excludes halogenated alkanes) is 18. The first-order valence-electron chi connectivity index (χ1n) is 29.3. The van der Waals surface area contributed by atoms with Gasteiger partial charge in [0.05, 0.1) is 30.9 Å². The van der Waals surface area contributed by atoms with E-state index >= 15 is 0 Å². The van der Waals surface area contributed by atoms with Crippen molar-refractivity contribution in [2.45, 2.75) is 248 Å². The Bertz CT molecular complexity index is 2490. The molecular weight excluding hydrogens is 1020 g/mol. The summed E-state index contributed by atoms with van der Waals surface area (Å²) in [5, 5.41) is 2.51. The SMILES string of the molecule is CCCCCCc1cc(C)sc1-c1cc(CCCCCC)c(-c2nc(CCCCCC)c(-c3ccc(-c4sc(-c5sc(-c6sc(C)cc6CCCCCC)nc5CCCCCC)cc4CCCCCC)s3)s2)s1. The van der Waals surface area contributed by atoms with Gasteiger partial charge in [0.25, 0.3) is 0 Å². The molecule has 7 rings (SSSR count). The van der Waals surface area contributed by atoms with Gasteiger partial charge in [-0.25, -0.2) is 9.97 Å². The summed E-state index contributed by atoms with van der Waals surface area (Å²) in [6.45, 7) is 18.6. The Morgan fingerprint density at radius 1 is 0.288 bits per heavy atom. The maximum Gasteiger partial charge on any atom is 0.134 e. The van der Waals surface area contributed by atoms with Crippen LogP contribution >= 0.6 is 79.4 Å². The minimum absolute atomic E-state index is 1.06. The van der Waals surface area contributed by atoms with Crippen molar-refractivity contribution in [3.63, 3.8) is 0 Å². The maximum absolute atomic E-state index is 5.71. The van der Waals surface area contributed by atoms with Crippen LogP contribution < -0.4 is 0 Å². The van der Waals surface area contributed by atoms with E-state index in [1.807, 2.05) is 68.0 Å². The zero-order valence-corrected chi connectivity index (χ0v) is 52.1. The van der Waals surface area contributed by atoms with E-state index in [-0.39, 0.29) is 0 Å². The fraction of sp³-hybridized carbons (Fsp3) is 0.594. The van der Waals surface area contributed by atoms with Gasteiger partial charge in [0, 0.05) is 39.0 Å². The van der Waals surface area contributed by atoms with Crippen LogP contribution in [-0.4, -0.2) is 9.97 Å². The summed E-state index contributed by atoms with van der Waals surface area (Å²) in [6.07, 6.45) is 37.5. The third kappa shape index (κ3) is 16.6. The average Bonchev–Trinajstić information content (AvgIpc) is 4.27. The van der Waals surface area contributed by atoms with Gasteiger partial charge in [0.2, 0.25) is 0 Å². The Morgan fingerprint density at radius 2 is 0.603 bits per heavy atom. The quantitative estimate of drug-likeness (QED) is 0.0366. The van der Waals surface area contributed by atoms with Gasteiger partial charge in [0.1, 0.15) is 10.0 Å². The van der Waals surface area contributed by atoms with Crippen molar-refractivity contribution in [3.8, 4) is 58.8 Å². The predicted octanol–water partition coefficient (Wildman–Crippen LogP) is 24.3. The lowest BCUT2D eigenvalue weighted by Crippen LogP contribution is -1.90. The molecule has 0 aromatic carbocycles. The van der Waals surface area contributed by atoms with E-state index in [0.29, 0.717) is 0 Å². The van der Waals surface area contributed by atoms with E-state index in [1.165, 1.54) is 257 Å². The van der Waals surface area contributed by atoms with Gasteiger partial charge >= 0.3 is 0 Å². The molecule has 0 bridgehead atoms. The van der Waals surface area contributed by atoms with E-state index in [0.717, 1.165) is 32.1 Å². The molecule has 0 radical (unpaired) electrons. The van der Waals surface area contributed by atoms with Crippen LogP contribution in [0.15, 0.2) is 36.4 Å². The van der Waals surface area contributed by atoms with Crippen LogP contribution in [0.1, 0.15) is 239 Å². The first kappa shape index (κ1) is 58.4. The van der Waals surface area contributed by atoms with Crippen LogP contribution in [0.3, 0.4) is 0 Å². The first-order valence-corrected chi connectivity index (χ1v) is 35.1. The van der Waals surface area contributed by atoms with Crippen molar-refractivity contribution < 1.29 is 0 Å². The van der Waals surface area contributed by atoms with E-state index in [2.05, 4.69) is 103 Å². The minimum atomic E-state index is 1.06. The predicted molar refractivity (Wildman–Crippen MR) is 336 cm³/mol. The molecule has 0 spiro atoms. The van der Waals surface area contributed by atoms with Crippen LogP contribution in [0.4, 0.5) is 0 Å². The average molecular weight is 1110 g/mol. The summed E-state index contributed by atoms with van der Waals surface area (Å²) in [7, 11) is 0. The van der Waals surface area contributed by atoms with Crippen LogP contribution in [-0.2, 0) is 38.5 Å². The van der Waals surface area contributed by atoms with Gasteiger partial charge in [-0.3, -0.25) is 0 Å². The molecule has 0 amide bonds. The highest BCUT2D eigenvalue weighted by molar-refractivity contribution is 7.31. The summed E-state index contributed by atoms with van der Waals surface area (Å²) in [4.78, 5) is 28.6. The molecule has 0 saturated carbocycles. The van der Waals surface area contributed by atoms with Crippen molar-refractivity contribution in [2.24, 2.45) is 0 Å². The Balaban J connectivity index is 1.27. The zero-order valence-electron chi connectivity index (χ0n) is 46.4. The van der Waals surface area contributed by atoms with Crippen LogP contribution in [0.5, 0.6) is 0 Å². The fourth-order valence-electron chi connectivity index (χ4n) is 10.3. The highest BCUT2D eigenvalue weighted by atomic mass is 32.1. The van der Waals surface area contributed by atoms with Gasteiger partial charge in [-0.05, 0) is 150 Å². The second-order valence-corrected chi connectivity index (χ2v) is 28.7. The number of hydrogen-bond acceptors (Lipinski definition) is 9. The van der Waals surface area contributed by atoms with E-state index in [4.69, 9.17) is 9.97 Å². The van der Waals surface area contributed by atoms with Crippen molar-refractivity contribution in [1.29, 1.82) is 0 Å². The normalized spacial score (nSPS) is 11.8. The molecule has 398 valence electrons. The fourth-order valence-corrected chi connectivity index (χ4v) is 18.9. The lowest BCUT2D eigenvalue weighted by Gasteiger charge is -2.02. The molecule has 7 aromatic rings. The number of rotatable bonds is 36. The molecule has 0 aliphatic carbocycles. The largest absolute Gasteiger partial charge is 0.240 e. The smallest absolute Gasteiger partial charge is 0.134 e.